The molecule has 5 rings (SSSR count). The Morgan fingerprint density at radius 1 is 0.844 bits per heavy atom. The minimum atomic E-state index is -0.462. The van der Waals surface area contributed by atoms with Gasteiger partial charge in [-0.05, 0) is 72.6 Å². The molecular formula is C36H35N5O4. The average Bonchev–Trinajstić information content (AvgIpc) is 3.52. The third-order valence-electron chi connectivity index (χ3n) is 6.82. The Kier molecular flexibility index (Phi) is 10.7. The van der Waals surface area contributed by atoms with Crippen LogP contribution < -0.4 is 20.2 Å². The van der Waals surface area contributed by atoms with Crippen molar-refractivity contribution in [1.82, 2.24) is 20.5 Å². The average molecular weight is 602 g/mol. The molecule has 0 atom stereocenters. The Morgan fingerprint density at radius 3 is 2.22 bits per heavy atom. The first kappa shape index (κ1) is 30.7. The summed E-state index contributed by atoms with van der Waals surface area (Å²) in [6, 6.07) is 34.2. The molecule has 2 N–H and O–H groups in total. The van der Waals surface area contributed by atoms with Crippen molar-refractivity contribution in [2.75, 3.05) is 13.2 Å². The summed E-state index contributed by atoms with van der Waals surface area (Å²) < 4.78 is 13.3. The number of ether oxygens (including phenoxy) is 2. The number of hydrazone groups is 1. The molecule has 9 heteroatoms. The van der Waals surface area contributed by atoms with Crippen molar-refractivity contribution in [2.24, 2.45) is 5.10 Å². The molecule has 0 radical (unpaired) electrons. The van der Waals surface area contributed by atoms with Gasteiger partial charge in [0.05, 0.1) is 25.1 Å². The van der Waals surface area contributed by atoms with Crippen molar-refractivity contribution in [3.63, 3.8) is 0 Å². The summed E-state index contributed by atoms with van der Waals surface area (Å²) in [5.41, 5.74) is 7.13. The minimum absolute atomic E-state index is 0.231. The van der Waals surface area contributed by atoms with Crippen LogP contribution in [0.15, 0.2) is 120 Å². The van der Waals surface area contributed by atoms with Crippen LogP contribution in [0.1, 0.15) is 41.3 Å². The van der Waals surface area contributed by atoms with Gasteiger partial charge in [0.1, 0.15) is 23.8 Å². The van der Waals surface area contributed by atoms with Crippen molar-refractivity contribution < 1.29 is 19.1 Å². The van der Waals surface area contributed by atoms with Gasteiger partial charge in [-0.1, -0.05) is 61.9 Å². The van der Waals surface area contributed by atoms with Crippen LogP contribution >= 0.6 is 0 Å². The number of hydrogen-bond donors (Lipinski definition) is 2. The number of hydrogen-bond acceptors (Lipinski definition) is 6. The molecule has 45 heavy (non-hydrogen) atoms. The van der Waals surface area contributed by atoms with Gasteiger partial charge in [0, 0.05) is 22.9 Å². The monoisotopic (exact) mass is 601 g/mol. The molecule has 0 saturated carbocycles. The standard InChI is InChI=1S/C36H35N5O4/c1-2-3-22-44-32-20-16-29(17-21-32)36(43)37-24-34(42)39-38-23-30-25-41(31-12-8-5-9-13-31)40-35(30)28-14-18-33(19-15-28)45-26-27-10-6-4-7-11-27/h4-21,23,25H,2-3,22,24,26H2,1H3,(H,37,43)(H,39,42)/b38-23-. The van der Waals surface area contributed by atoms with Gasteiger partial charge >= 0.3 is 0 Å². The molecule has 0 fully saturated rings. The third-order valence-corrected chi connectivity index (χ3v) is 6.82. The molecule has 4 aromatic carbocycles. The second-order valence-corrected chi connectivity index (χ2v) is 10.2. The first-order valence-electron chi connectivity index (χ1n) is 14.8. The maximum Gasteiger partial charge on any atom is 0.259 e. The number of para-hydroxylation sites is 1. The lowest BCUT2D eigenvalue weighted by atomic mass is 10.1. The lowest BCUT2D eigenvalue weighted by Gasteiger charge is -2.07. The molecule has 2 amide bonds. The zero-order chi connectivity index (χ0) is 31.3. The van der Waals surface area contributed by atoms with Crippen molar-refractivity contribution in [3.05, 3.63) is 132 Å². The van der Waals surface area contributed by atoms with E-state index in [0.717, 1.165) is 35.4 Å². The summed E-state index contributed by atoms with van der Waals surface area (Å²) in [6.45, 7) is 2.97. The van der Waals surface area contributed by atoms with E-state index >= 15 is 0 Å². The predicted octanol–water partition coefficient (Wildman–Crippen LogP) is 6.18. The lowest BCUT2D eigenvalue weighted by Crippen LogP contribution is -2.34. The maximum absolute atomic E-state index is 12.5. The summed E-state index contributed by atoms with van der Waals surface area (Å²) >= 11 is 0. The van der Waals surface area contributed by atoms with Crippen LogP contribution in [0.25, 0.3) is 16.9 Å². The Hall–Kier alpha value is -5.70. The molecule has 5 aromatic rings. The molecule has 9 nitrogen and oxygen atoms in total. The maximum atomic E-state index is 12.5. The second-order valence-electron chi connectivity index (χ2n) is 10.2. The molecule has 1 heterocycles. The highest BCUT2D eigenvalue weighted by Crippen LogP contribution is 2.25. The molecule has 0 aliphatic carbocycles. The van der Waals surface area contributed by atoms with Crippen LogP contribution in [-0.2, 0) is 11.4 Å². The Morgan fingerprint density at radius 2 is 1.51 bits per heavy atom. The van der Waals surface area contributed by atoms with Gasteiger partial charge in [-0.25, -0.2) is 10.1 Å². The highest BCUT2D eigenvalue weighted by Gasteiger charge is 2.13. The van der Waals surface area contributed by atoms with Crippen LogP contribution in [0, 0.1) is 0 Å². The lowest BCUT2D eigenvalue weighted by molar-refractivity contribution is -0.120. The van der Waals surface area contributed by atoms with Crippen LogP contribution in [-0.4, -0.2) is 41.0 Å². The van der Waals surface area contributed by atoms with Gasteiger partial charge in [0.2, 0.25) is 0 Å². The fourth-order valence-electron chi connectivity index (χ4n) is 4.38. The van der Waals surface area contributed by atoms with Gasteiger partial charge in [-0.15, -0.1) is 0 Å². The van der Waals surface area contributed by atoms with Gasteiger partial charge in [0.25, 0.3) is 11.8 Å². The molecule has 0 aliphatic rings. The number of nitrogens with one attached hydrogen (secondary N) is 2. The molecule has 0 aliphatic heterocycles. The number of rotatable bonds is 14. The highest BCUT2D eigenvalue weighted by molar-refractivity contribution is 5.96. The van der Waals surface area contributed by atoms with E-state index < -0.39 is 5.91 Å². The number of nitrogens with zero attached hydrogens (tertiary/aromatic N) is 3. The summed E-state index contributed by atoms with van der Waals surface area (Å²) in [6.07, 6.45) is 5.40. The van der Waals surface area contributed by atoms with Crippen molar-refractivity contribution in [2.45, 2.75) is 26.4 Å². The zero-order valence-electron chi connectivity index (χ0n) is 25.1. The number of benzene rings is 4. The highest BCUT2D eigenvalue weighted by atomic mass is 16.5. The molecule has 0 spiro atoms. The summed E-state index contributed by atoms with van der Waals surface area (Å²) in [7, 11) is 0. The van der Waals surface area contributed by atoms with E-state index in [9.17, 15) is 9.59 Å². The van der Waals surface area contributed by atoms with Crippen molar-refractivity contribution in [1.29, 1.82) is 0 Å². The first-order valence-corrected chi connectivity index (χ1v) is 14.8. The fourth-order valence-corrected chi connectivity index (χ4v) is 4.38. The molecule has 0 unspecified atom stereocenters. The largest absolute Gasteiger partial charge is 0.494 e. The van der Waals surface area contributed by atoms with E-state index in [4.69, 9.17) is 14.6 Å². The summed E-state index contributed by atoms with van der Waals surface area (Å²) in [5.74, 6) is 0.619. The van der Waals surface area contributed by atoms with Gasteiger partial charge in [-0.3, -0.25) is 9.59 Å². The number of aromatic nitrogens is 2. The summed E-state index contributed by atoms with van der Waals surface area (Å²) in [5, 5.41) is 11.6. The normalized spacial score (nSPS) is 10.9. The number of carbonyl (C=O) groups is 2. The van der Waals surface area contributed by atoms with E-state index in [0.29, 0.717) is 35.8 Å². The topological polar surface area (TPSA) is 107 Å². The Bertz CT molecular complexity index is 1700. The fraction of sp³-hybridized carbons (Fsp3) is 0.167. The Labute approximate surface area is 262 Å². The van der Waals surface area contributed by atoms with Gasteiger partial charge in [-0.2, -0.15) is 10.2 Å². The van der Waals surface area contributed by atoms with Crippen LogP contribution in [0.2, 0.25) is 0 Å². The van der Waals surface area contributed by atoms with E-state index in [2.05, 4.69) is 22.8 Å². The molecule has 0 bridgehead atoms. The van der Waals surface area contributed by atoms with E-state index in [-0.39, 0.29) is 12.5 Å². The second kappa shape index (κ2) is 15.7. The van der Waals surface area contributed by atoms with Gasteiger partial charge < -0.3 is 14.8 Å². The number of carbonyl (C=O) groups excluding carboxylic acids is 2. The number of unbranched alkanes of at least 4 members (excludes halogenated alkanes) is 1. The quantitative estimate of drug-likeness (QED) is 0.0899. The molecule has 0 saturated heterocycles. The van der Waals surface area contributed by atoms with Crippen LogP contribution in [0.4, 0.5) is 0 Å². The van der Waals surface area contributed by atoms with Crippen molar-refractivity contribution >= 4 is 18.0 Å². The third kappa shape index (κ3) is 8.90. The molecule has 228 valence electrons. The van der Waals surface area contributed by atoms with E-state index in [1.165, 1.54) is 0 Å². The van der Waals surface area contributed by atoms with Crippen LogP contribution in [0.3, 0.4) is 0 Å². The number of amides is 2. The zero-order valence-corrected chi connectivity index (χ0v) is 25.1. The Balaban J connectivity index is 1.21. The summed E-state index contributed by atoms with van der Waals surface area (Å²) in [4.78, 5) is 25.0. The molecular weight excluding hydrogens is 566 g/mol. The van der Waals surface area contributed by atoms with Crippen molar-refractivity contribution in [3.8, 4) is 28.4 Å². The SMILES string of the molecule is CCCCOc1ccc(C(=O)NCC(=O)N/N=C\c2cn(-c3ccccc3)nc2-c2ccc(OCc3ccccc3)cc2)cc1. The molecule has 1 aromatic heterocycles. The first-order chi connectivity index (χ1) is 22.1. The van der Waals surface area contributed by atoms with E-state index in [1.807, 2.05) is 91.1 Å². The van der Waals surface area contributed by atoms with E-state index in [1.54, 1.807) is 35.2 Å². The predicted molar refractivity (Wildman–Crippen MR) is 175 cm³/mol. The smallest absolute Gasteiger partial charge is 0.259 e. The minimum Gasteiger partial charge on any atom is -0.494 e. The van der Waals surface area contributed by atoms with Crippen LogP contribution in [0.5, 0.6) is 11.5 Å². The van der Waals surface area contributed by atoms with Gasteiger partial charge in [0.15, 0.2) is 0 Å².